The molecular weight excluding hydrogens is 533 g/mol. The maximum absolute atomic E-state index is 13.4. The summed E-state index contributed by atoms with van der Waals surface area (Å²) in [7, 11) is 1.51. The molecule has 0 saturated carbocycles. The minimum absolute atomic E-state index is 0.136. The van der Waals surface area contributed by atoms with E-state index in [4.69, 9.17) is 4.74 Å². The van der Waals surface area contributed by atoms with E-state index in [2.05, 4.69) is 25.4 Å². The Bertz CT molecular complexity index is 1680. The fourth-order valence-electron chi connectivity index (χ4n) is 3.82. The SMILES string of the molecule is COc1ccc(-n2c(SCC(=O)N=Nc3c(O)[nH]c4ccccc34)nnc2-c2cccc(C(F)(F)F)c2)cc1. The molecule has 13 heteroatoms. The highest BCUT2D eigenvalue weighted by molar-refractivity contribution is 7.99. The third-order valence-electron chi connectivity index (χ3n) is 5.66. The number of methoxy groups -OCH3 is 1. The molecule has 0 atom stereocenters. The normalized spacial score (nSPS) is 11.9. The second-order valence-corrected chi connectivity index (χ2v) is 9.11. The van der Waals surface area contributed by atoms with Crippen molar-refractivity contribution in [3.8, 4) is 28.7 Å². The molecule has 5 aromatic rings. The predicted octanol–water partition coefficient (Wildman–Crippen LogP) is 6.55. The number of carbonyl (C=O) groups excluding carboxylic acids is 1. The molecule has 0 aliphatic rings. The molecule has 0 aliphatic carbocycles. The molecule has 0 unspecified atom stereocenters. The van der Waals surface area contributed by atoms with Crippen molar-refractivity contribution in [2.75, 3.05) is 12.9 Å². The molecule has 2 N–H and O–H groups in total. The van der Waals surface area contributed by atoms with Crippen LogP contribution in [0.4, 0.5) is 18.9 Å². The summed E-state index contributed by atoms with van der Waals surface area (Å²) in [4.78, 5) is 15.3. The third-order valence-corrected chi connectivity index (χ3v) is 6.57. The lowest BCUT2D eigenvalue weighted by Gasteiger charge is -2.12. The molecule has 198 valence electrons. The van der Waals surface area contributed by atoms with E-state index in [-0.39, 0.29) is 33.9 Å². The number of alkyl halides is 3. The predicted molar refractivity (Wildman–Crippen MR) is 139 cm³/mol. The zero-order valence-electron chi connectivity index (χ0n) is 20.2. The first-order chi connectivity index (χ1) is 18.7. The Morgan fingerprint density at radius 2 is 1.85 bits per heavy atom. The Hall–Kier alpha value is -4.65. The largest absolute Gasteiger partial charge is 0.497 e. The number of carbonyl (C=O) groups is 1. The number of thioether (sulfide) groups is 1. The molecule has 2 aromatic heterocycles. The number of H-pyrrole nitrogens is 1. The van der Waals surface area contributed by atoms with Crippen molar-refractivity contribution >= 4 is 34.3 Å². The summed E-state index contributed by atoms with van der Waals surface area (Å²) in [6.07, 6.45) is -4.53. The average molecular weight is 553 g/mol. The number of rotatable bonds is 7. The van der Waals surface area contributed by atoms with Crippen LogP contribution in [0.1, 0.15) is 5.56 Å². The van der Waals surface area contributed by atoms with E-state index >= 15 is 0 Å². The Balaban J connectivity index is 1.44. The zero-order valence-corrected chi connectivity index (χ0v) is 21.0. The molecule has 0 saturated heterocycles. The monoisotopic (exact) mass is 552 g/mol. The standard InChI is InChI=1S/C26H19F3N6O3S/c1-38-18-11-9-17(10-12-18)35-23(15-5-4-6-16(13-15)26(27,28)29)33-34-25(35)39-14-21(36)31-32-22-19-7-2-3-8-20(19)30-24(22)37/h2-13,30,37H,14H2,1H3. The summed E-state index contributed by atoms with van der Waals surface area (Å²) in [5.74, 6) is -0.284. The van der Waals surface area contributed by atoms with Gasteiger partial charge in [0, 0.05) is 16.6 Å². The van der Waals surface area contributed by atoms with Gasteiger partial charge in [-0.05, 0) is 42.5 Å². The summed E-state index contributed by atoms with van der Waals surface area (Å²) >= 11 is 0.992. The Kier molecular flexibility index (Phi) is 7.07. The van der Waals surface area contributed by atoms with Crippen LogP contribution in [-0.2, 0) is 11.0 Å². The van der Waals surface area contributed by atoms with Crippen LogP contribution >= 0.6 is 11.8 Å². The van der Waals surface area contributed by atoms with Crippen LogP contribution in [0.3, 0.4) is 0 Å². The number of nitrogens with one attached hydrogen (secondary N) is 1. The zero-order chi connectivity index (χ0) is 27.6. The van der Waals surface area contributed by atoms with Gasteiger partial charge in [0.1, 0.15) is 5.75 Å². The van der Waals surface area contributed by atoms with Crippen LogP contribution < -0.4 is 4.74 Å². The van der Waals surface area contributed by atoms with Crippen molar-refractivity contribution in [1.29, 1.82) is 0 Å². The van der Waals surface area contributed by atoms with Crippen molar-refractivity contribution in [1.82, 2.24) is 19.7 Å². The van der Waals surface area contributed by atoms with Gasteiger partial charge < -0.3 is 14.8 Å². The average Bonchev–Trinajstić information content (AvgIpc) is 3.50. The maximum atomic E-state index is 13.4. The van der Waals surface area contributed by atoms with Crippen LogP contribution in [0.25, 0.3) is 28.0 Å². The fourth-order valence-corrected chi connectivity index (χ4v) is 4.55. The molecule has 0 aliphatic heterocycles. The Labute approximate surface area is 223 Å². The van der Waals surface area contributed by atoms with Crippen LogP contribution in [-0.4, -0.2) is 43.6 Å². The molecule has 3 aromatic carbocycles. The Morgan fingerprint density at radius 3 is 2.59 bits per heavy atom. The number of nitrogens with zero attached hydrogens (tertiary/aromatic N) is 5. The lowest BCUT2D eigenvalue weighted by atomic mass is 10.1. The quantitative estimate of drug-likeness (QED) is 0.175. The van der Waals surface area contributed by atoms with Gasteiger partial charge in [-0.1, -0.05) is 42.1 Å². The second-order valence-electron chi connectivity index (χ2n) is 8.17. The molecule has 2 heterocycles. The molecule has 1 amide bonds. The van der Waals surface area contributed by atoms with Gasteiger partial charge in [-0.3, -0.25) is 9.36 Å². The van der Waals surface area contributed by atoms with Crippen LogP contribution in [0.2, 0.25) is 0 Å². The third kappa shape index (κ3) is 5.48. The summed E-state index contributed by atoms with van der Waals surface area (Å²) < 4.78 is 46.8. The van der Waals surface area contributed by atoms with E-state index in [1.165, 1.54) is 19.2 Å². The van der Waals surface area contributed by atoms with E-state index in [1.54, 1.807) is 53.1 Å². The molecule has 0 bridgehead atoms. The van der Waals surface area contributed by atoms with Gasteiger partial charge in [0.05, 0.1) is 23.9 Å². The van der Waals surface area contributed by atoms with E-state index < -0.39 is 17.6 Å². The van der Waals surface area contributed by atoms with Crippen molar-refractivity contribution in [3.63, 3.8) is 0 Å². The lowest BCUT2D eigenvalue weighted by Crippen LogP contribution is -2.06. The number of azo groups is 1. The van der Waals surface area contributed by atoms with Gasteiger partial charge >= 0.3 is 6.18 Å². The van der Waals surface area contributed by atoms with Crippen molar-refractivity contribution in [2.45, 2.75) is 11.3 Å². The van der Waals surface area contributed by atoms with Crippen LogP contribution in [0.15, 0.2) is 88.2 Å². The van der Waals surface area contributed by atoms with E-state index in [9.17, 15) is 23.1 Å². The number of hydrogen-bond acceptors (Lipinski definition) is 7. The number of fused-ring (bicyclic) bond motifs is 1. The smallest absolute Gasteiger partial charge is 0.416 e. The number of benzene rings is 3. The Morgan fingerprint density at radius 1 is 1.08 bits per heavy atom. The summed E-state index contributed by atoms with van der Waals surface area (Å²) in [5.41, 5.74) is 0.696. The van der Waals surface area contributed by atoms with Crippen LogP contribution in [0.5, 0.6) is 11.6 Å². The van der Waals surface area contributed by atoms with Gasteiger partial charge in [0.25, 0.3) is 5.91 Å². The maximum Gasteiger partial charge on any atom is 0.416 e. The van der Waals surface area contributed by atoms with Crippen molar-refractivity contribution in [3.05, 3.63) is 78.4 Å². The minimum Gasteiger partial charge on any atom is -0.497 e. The topological polar surface area (TPSA) is 118 Å². The highest BCUT2D eigenvalue weighted by Crippen LogP contribution is 2.36. The first kappa shape index (κ1) is 26.0. The molecule has 39 heavy (non-hydrogen) atoms. The molecule has 5 rings (SSSR count). The number of aromatic hydroxyl groups is 1. The number of ether oxygens (including phenoxy) is 1. The first-order valence-electron chi connectivity index (χ1n) is 11.4. The first-order valence-corrected chi connectivity index (χ1v) is 12.4. The number of amides is 1. The fraction of sp³-hybridized carbons (Fsp3) is 0.115. The number of para-hydroxylation sites is 1. The number of halogens is 3. The molecule has 0 spiro atoms. The second kappa shape index (κ2) is 10.6. The van der Waals surface area contributed by atoms with Gasteiger partial charge in [0.2, 0.25) is 5.88 Å². The molecular formula is C26H19F3N6O3S. The summed E-state index contributed by atoms with van der Waals surface area (Å²) in [5, 5.41) is 26.8. The highest BCUT2D eigenvalue weighted by Gasteiger charge is 2.31. The summed E-state index contributed by atoms with van der Waals surface area (Å²) in [6.45, 7) is 0. The number of hydrogen-bond donors (Lipinski definition) is 2. The molecule has 0 fully saturated rings. The summed E-state index contributed by atoms with van der Waals surface area (Å²) in [6, 6.07) is 18.6. The van der Waals surface area contributed by atoms with Gasteiger partial charge in [-0.25, -0.2) is 0 Å². The van der Waals surface area contributed by atoms with Crippen molar-refractivity contribution < 1.29 is 27.8 Å². The molecule has 0 radical (unpaired) electrons. The van der Waals surface area contributed by atoms with E-state index in [0.717, 1.165) is 23.9 Å². The number of aromatic nitrogens is 4. The minimum atomic E-state index is -4.53. The molecule has 9 nitrogen and oxygen atoms in total. The van der Waals surface area contributed by atoms with E-state index in [0.29, 0.717) is 22.3 Å². The highest BCUT2D eigenvalue weighted by atomic mass is 32.2. The van der Waals surface area contributed by atoms with Crippen LogP contribution in [0, 0.1) is 0 Å². The van der Waals surface area contributed by atoms with E-state index in [1.807, 2.05) is 0 Å². The van der Waals surface area contributed by atoms with Crippen molar-refractivity contribution in [2.24, 2.45) is 10.2 Å². The van der Waals surface area contributed by atoms with Gasteiger partial charge in [0.15, 0.2) is 16.7 Å². The number of aromatic amines is 1. The lowest BCUT2D eigenvalue weighted by molar-refractivity contribution is -0.137. The van der Waals surface area contributed by atoms with Gasteiger partial charge in [-0.2, -0.15) is 13.2 Å². The van der Waals surface area contributed by atoms with Gasteiger partial charge in [-0.15, -0.1) is 20.4 Å².